The number of carbonyl (C=O) groups is 1. The summed E-state index contributed by atoms with van der Waals surface area (Å²) in [7, 11) is 0. The Labute approximate surface area is 106 Å². The third-order valence-corrected chi connectivity index (χ3v) is 4.04. The minimum absolute atomic E-state index is 0.195. The Kier molecular flexibility index (Phi) is 2.33. The first-order chi connectivity index (χ1) is 7.68. The SMILES string of the molecule is O=C1CCCc2c1[nH]c1c(Cl)ccc(Br)c21. The number of benzene rings is 1. The van der Waals surface area contributed by atoms with Gasteiger partial charge in [-0.3, -0.25) is 4.79 Å². The lowest BCUT2D eigenvalue weighted by atomic mass is 9.95. The number of fused-ring (bicyclic) bond motifs is 3. The number of carbonyl (C=O) groups excluding carboxylic acids is 1. The van der Waals surface area contributed by atoms with E-state index in [-0.39, 0.29) is 5.78 Å². The van der Waals surface area contributed by atoms with Gasteiger partial charge < -0.3 is 4.98 Å². The molecule has 16 heavy (non-hydrogen) atoms. The number of Topliss-reactive ketones (excluding diaryl/α,β-unsaturated/α-hetero) is 1. The van der Waals surface area contributed by atoms with E-state index in [0.29, 0.717) is 11.4 Å². The van der Waals surface area contributed by atoms with Crippen LogP contribution in [0.2, 0.25) is 5.02 Å². The fraction of sp³-hybridized carbons (Fsp3) is 0.250. The topological polar surface area (TPSA) is 32.9 Å². The fourth-order valence-corrected chi connectivity index (χ4v) is 3.11. The number of aromatic amines is 1. The highest BCUT2D eigenvalue weighted by atomic mass is 79.9. The number of hydrogen-bond donors (Lipinski definition) is 1. The van der Waals surface area contributed by atoms with Gasteiger partial charge in [0.15, 0.2) is 5.78 Å². The van der Waals surface area contributed by atoms with Gasteiger partial charge in [-0.2, -0.15) is 0 Å². The predicted octanol–water partition coefficient (Wildman–Crippen LogP) is 4.10. The second-order valence-corrected chi connectivity index (χ2v) is 5.30. The van der Waals surface area contributed by atoms with Gasteiger partial charge in [0.25, 0.3) is 0 Å². The molecule has 4 heteroatoms. The van der Waals surface area contributed by atoms with Crippen molar-refractivity contribution < 1.29 is 4.79 Å². The maximum Gasteiger partial charge on any atom is 0.179 e. The van der Waals surface area contributed by atoms with Crippen molar-refractivity contribution in [1.29, 1.82) is 0 Å². The van der Waals surface area contributed by atoms with Crippen LogP contribution in [-0.2, 0) is 6.42 Å². The molecule has 2 nitrogen and oxygen atoms in total. The van der Waals surface area contributed by atoms with Crippen LogP contribution in [-0.4, -0.2) is 10.8 Å². The molecule has 1 N–H and O–H groups in total. The van der Waals surface area contributed by atoms with Gasteiger partial charge in [0.1, 0.15) is 0 Å². The molecule has 0 aliphatic heterocycles. The number of H-pyrrole nitrogens is 1. The van der Waals surface area contributed by atoms with Gasteiger partial charge in [-0.25, -0.2) is 0 Å². The van der Waals surface area contributed by atoms with E-state index >= 15 is 0 Å². The Morgan fingerprint density at radius 1 is 1.31 bits per heavy atom. The molecule has 0 radical (unpaired) electrons. The van der Waals surface area contributed by atoms with Crippen molar-refractivity contribution in [3.8, 4) is 0 Å². The highest BCUT2D eigenvalue weighted by Gasteiger charge is 2.23. The lowest BCUT2D eigenvalue weighted by Gasteiger charge is -2.09. The van der Waals surface area contributed by atoms with Crippen LogP contribution in [0.15, 0.2) is 16.6 Å². The monoisotopic (exact) mass is 297 g/mol. The van der Waals surface area contributed by atoms with Crippen LogP contribution in [0.3, 0.4) is 0 Å². The second kappa shape index (κ2) is 3.60. The van der Waals surface area contributed by atoms with Crippen LogP contribution in [0.4, 0.5) is 0 Å². The number of nitrogens with one attached hydrogen (secondary N) is 1. The Morgan fingerprint density at radius 3 is 2.94 bits per heavy atom. The van der Waals surface area contributed by atoms with Crippen LogP contribution >= 0.6 is 27.5 Å². The van der Waals surface area contributed by atoms with E-state index in [4.69, 9.17) is 11.6 Å². The zero-order valence-electron chi connectivity index (χ0n) is 8.44. The van der Waals surface area contributed by atoms with Crippen LogP contribution < -0.4 is 0 Å². The molecule has 0 atom stereocenters. The quantitative estimate of drug-likeness (QED) is 0.780. The highest BCUT2D eigenvalue weighted by Crippen LogP contribution is 2.37. The van der Waals surface area contributed by atoms with Gasteiger partial charge in [0.05, 0.1) is 16.2 Å². The number of aryl methyl sites for hydroxylation is 1. The van der Waals surface area contributed by atoms with Gasteiger partial charge in [-0.1, -0.05) is 27.5 Å². The first-order valence-corrected chi connectivity index (χ1v) is 6.37. The van der Waals surface area contributed by atoms with Gasteiger partial charge in [-0.05, 0) is 30.5 Å². The van der Waals surface area contributed by atoms with E-state index in [1.807, 2.05) is 12.1 Å². The molecule has 0 unspecified atom stereocenters. The summed E-state index contributed by atoms with van der Waals surface area (Å²) in [6.45, 7) is 0. The van der Waals surface area contributed by atoms with E-state index in [1.165, 1.54) is 0 Å². The van der Waals surface area contributed by atoms with Gasteiger partial charge in [-0.15, -0.1) is 0 Å². The summed E-state index contributed by atoms with van der Waals surface area (Å²) in [4.78, 5) is 15.0. The minimum atomic E-state index is 0.195. The summed E-state index contributed by atoms with van der Waals surface area (Å²) in [5.41, 5.74) is 2.73. The lowest BCUT2D eigenvalue weighted by molar-refractivity contribution is 0.0968. The number of rotatable bonds is 0. The smallest absolute Gasteiger partial charge is 0.179 e. The molecule has 3 rings (SSSR count). The van der Waals surface area contributed by atoms with E-state index in [9.17, 15) is 4.79 Å². The van der Waals surface area contributed by atoms with Gasteiger partial charge >= 0.3 is 0 Å². The van der Waals surface area contributed by atoms with Crippen molar-refractivity contribution in [1.82, 2.24) is 4.98 Å². The maximum absolute atomic E-state index is 11.8. The molecule has 1 aromatic heterocycles. The van der Waals surface area contributed by atoms with Crippen LogP contribution in [0.1, 0.15) is 28.9 Å². The summed E-state index contributed by atoms with van der Waals surface area (Å²) in [5, 5.41) is 1.73. The van der Waals surface area contributed by atoms with Crippen LogP contribution in [0, 0.1) is 0 Å². The molecular weight excluding hydrogens is 289 g/mol. The van der Waals surface area contributed by atoms with E-state index < -0.39 is 0 Å². The first kappa shape index (κ1) is 10.4. The minimum Gasteiger partial charge on any atom is -0.351 e. The zero-order valence-corrected chi connectivity index (χ0v) is 10.8. The summed E-state index contributed by atoms with van der Waals surface area (Å²) >= 11 is 9.65. The average Bonchev–Trinajstić information content (AvgIpc) is 2.66. The van der Waals surface area contributed by atoms with Crippen molar-refractivity contribution in [2.45, 2.75) is 19.3 Å². The van der Waals surface area contributed by atoms with E-state index in [2.05, 4.69) is 20.9 Å². The second-order valence-electron chi connectivity index (χ2n) is 4.03. The normalized spacial score (nSPS) is 15.5. The summed E-state index contributed by atoms with van der Waals surface area (Å²) in [5.74, 6) is 0.195. The molecule has 1 aliphatic carbocycles. The largest absolute Gasteiger partial charge is 0.351 e. The first-order valence-electron chi connectivity index (χ1n) is 5.20. The molecule has 0 fully saturated rings. The van der Waals surface area contributed by atoms with Crippen molar-refractivity contribution in [2.24, 2.45) is 0 Å². The zero-order chi connectivity index (χ0) is 11.3. The van der Waals surface area contributed by atoms with Crippen molar-refractivity contribution in [3.05, 3.63) is 32.9 Å². The molecule has 2 aromatic rings. The predicted molar refractivity (Wildman–Crippen MR) is 68.3 cm³/mol. The van der Waals surface area contributed by atoms with Crippen molar-refractivity contribution >= 4 is 44.2 Å². The maximum atomic E-state index is 11.8. The number of aromatic nitrogens is 1. The fourth-order valence-electron chi connectivity index (χ4n) is 2.33. The van der Waals surface area contributed by atoms with Crippen molar-refractivity contribution in [3.63, 3.8) is 0 Å². The molecule has 0 amide bonds. The summed E-state index contributed by atoms with van der Waals surface area (Å²) in [6, 6.07) is 3.76. The van der Waals surface area contributed by atoms with Crippen LogP contribution in [0.5, 0.6) is 0 Å². The van der Waals surface area contributed by atoms with Gasteiger partial charge in [0.2, 0.25) is 0 Å². The summed E-state index contributed by atoms with van der Waals surface area (Å²) in [6.07, 6.45) is 2.51. The number of hydrogen-bond acceptors (Lipinski definition) is 1. The molecule has 0 spiro atoms. The number of ketones is 1. The van der Waals surface area contributed by atoms with E-state index in [1.54, 1.807) is 0 Å². The molecule has 0 saturated carbocycles. The standard InChI is InChI=1S/C12H9BrClNO/c13-7-4-5-8(14)12-10(7)6-2-1-3-9(16)11(6)15-12/h4-5,15H,1-3H2. The molecule has 0 saturated heterocycles. The third kappa shape index (κ3) is 1.35. The van der Waals surface area contributed by atoms with E-state index in [0.717, 1.165) is 39.5 Å². The summed E-state index contributed by atoms with van der Waals surface area (Å²) < 4.78 is 0.999. The molecule has 1 aliphatic rings. The lowest BCUT2D eigenvalue weighted by Crippen LogP contribution is -2.09. The Bertz CT molecular complexity index is 603. The molecule has 82 valence electrons. The Balaban J connectivity index is 2.45. The van der Waals surface area contributed by atoms with Gasteiger partial charge in [0, 0.05) is 16.3 Å². The van der Waals surface area contributed by atoms with Crippen LogP contribution in [0.25, 0.3) is 10.9 Å². The Hall–Kier alpha value is -0.800. The molecule has 1 aromatic carbocycles. The highest BCUT2D eigenvalue weighted by molar-refractivity contribution is 9.10. The van der Waals surface area contributed by atoms with Crippen molar-refractivity contribution in [2.75, 3.05) is 0 Å². The molecular formula is C12H9BrClNO. The molecule has 0 bridgehead atoms. The number of halogens is 2. The average molecular weight is 299 g/mol. The third-order valence-electron chi connectivity index (χ3n) is 3.07. The molecule has 1 heterocycles. The Morgan fingerprint density at radius 2 is 2.12 bits per heavy atom.